The Balaban J connectivity index is 0.000000450. The van der Waals surface area contributed by atoms with E-state index in [4.69, 9.17) is 0 Å². The minimum Gasteiger partial charge on any atom is -0.392 e. The predicted molar refractivity (Wildman–Crippen MR) is 153 cm³/mol. The van der Waals surface area contributed by atoms with Crippen molar-refractivity contribution in [3.8, 4) is 0 Å². The number of nitrogens with one attached hydrogen (secondary N) is 1. The molecule has 0 saturated carbocycles. The van der Waals surface area contributed by atoms with Gasteiger partial charge in [-0.05, 0) is 43.6 Å². The highest BCUT2D eigenvalue weighted by Crippen LogP contribution is 2.31. The number of ketones is 1. The van der Waals surface area contributed by atoms with Gasteiger partial charge in [0.05, 0.1) is 28.6 Å². The summed E-state index contributed by atoms with van der Waals surface area (Å²) in [5.41, 5.74) is 0.206. The highest BCUT2D eigenvalue weighted by atomic mass is 32.1. The van der Waals surface area contributed by atoms with Gasteiger partial charge in [0.1, 0.15) is 5.78 Å². The van der Waals surface area contributed by atoms with E-state index in [2.05, 4.69) is 43.4 Å². The third-order valence-corrected chi connectivity index (χ3v) is 7.97. The zero-order valence-electron chi connectivity index (χ0n) is 24.1. The molecule has 2 rings (SSSR count). The largest absolute Gasteiger partial charge is 0.392 e. The lowest BCUT2D eigenvalue weighted by Crippen LogP contribution is -2.43. The number of nitrogens with zero attached hydrogens (tertiary/aromatic N) is 1. The highest BCUT2D eigenvalue weighted by Gasteiger charge is 2.39. The van der Waals surface area contributed by atoms with E-state index in [0.717, 1.165) is 31.4 Å². The molecule has 0 radical (unpaired) electrons. The van der Waals surface area contributed by atoms with Crippen molar-refractivity contribution >= 4 is 29.1 Å². The summed E-state index contributed by atoms with van der Waals surface area (Å²) < 4.78 is 0. The normalized spacial score (nSPS) is 26.9. The summed E-state index contributed by atoms with van der Waals surface area (Å²) in [5, 5.41) is 16.7. The lowest BCUT2D eigenvalue weighted by molar-refractivity contribution is -0.139. The molecule has 0 aliphatic carbocycles. The van der Waals surface area contributed by atoms with Crippen molar-refractivity contribution in [2.75, 3.05) is 6.54 Å². The van der Waals surface area contributed by atoms with Gasteiger partial charge >= 0.3 is 0 Å². The molecule has 1 saturated heterocycles. The van der Waals surface area contributed by atoms with Gasteiger partial charge in [-0.2, -0.15) is 0 Å². The SMILES string of the molecule is C/C=C\c1csc(CC(C)C)n1.CC1CCCCC[C@H](C)CNC(=O)CC(O)C(C)(C)C(=O)C(C)C1. The molecule has 206 valence electrons. The molecule has 1 fully saturated rings. The van der Waals surface area contributed by atoms with Crippen LogP contribution >= 0.6 is 11.3 Å². The molecule has 0 bridgehead atoms. The van der Waals surface area contributed by atoms with Crippen LogP contribution in [-0.2, 0) is 16.0 Å². The summed E-state index contributed by atoms with van der Waals surface area (Å²) in [7, 11) is 0. The Hall–Kier alpha value is -1.53. The van der Waals surface area contributed by atoms with Crippen molar-refractivity contribution in [3.63, 3.8) is 0 Å². The van der Waals surface area contributed by atoms with Gasteiger partial charge in [-0.3, -0.25) is 9.59 Å². The molecule has 1 aliphatic heterocycles. The molecule has 0 aromatic carbocycles. The van der Waals surface area contributed by atoms with Crippen molar-refractivity contribution in [2.45, 2.75) is 113 Å². The molecule has 0 spiro atoms. The Labute approximate surface area is 224 Å². The summed E-state index contributed by atoms with van der Waals surface area (Å²) in [6.07, 6.45) is 11.0. The lowest BCUT2D eigenvalue weighted by atomic mass is 9.74. The Morgan fingerprint density at radius 2 is 1.78 bits per heavy atom. The molecule has 1 amide bonds. The van der Waals surface area contributed by atoms with Gasteiger partial charge in [-0.1, -0.05) is 80.2 Å². The van der Waals surface area contributed by atoms with Crippen LogP contribution in [-0.4, -0.2) is 34.4 Å². The van der Waals surface area contributed by atoms with Gasteiger partial charge in [0.25, 0.3) is 0 Å². The maximum atomic E-state index is 12.8. The van der Waals surface area contributed by atoms with Crippen LogP contribution < -0.4 is 5.32 Å². The highest BCUT2D eigenvalue weighted by molar-refractivity contribution is 7.09. The Bertz CT molecular complexity index is 815. The fourth-order valence-electron chi connectivity index (χ4n) is 4.70. The molecule has 1 aromatic rings. The molecular formula is C30H52N2O3S. The van der Waals surface area contributed by atoms with Gasteiger partial charge < -0.3 is 10.4 Å². The first kappa shape index (κ1) is 32.5. The third kappa shape index (κ3) is 12.1. The van der Waals surface area contributed by atoms with Crippen LogP contribution in [0.4, 0.5) is 0 Å². The molecule has 4 atom stereocenters. The Morgan fingerprint density at radius 3 is 2.39 bits per heavy atom. The number of amides is 1. The molecular weight excluding hydrogens is 468 g/mol. The van der Waals surface area contributed by atoms with E-state index >= 15 is 0 Å². The average molecular weight is 521 g/mol. The second-order valence-electron chi connectivity index (χ2n) is 11.9. The van der Waals surface area contributed by atoms with Crippen LogP contribution in [0.25, 0.3) is 6.08 Å². The summed E-state index contributed by atoms with van der Waals surface area (Å²) in [6, 6.07) is 0. The molecule has 1 aromatic heterocycles. The Kier molecular flexibility index (Phi) is 14.8. The first-order valence-electron chi connectivity index (χ1n) is 13.9. The number of aliphatic hydroxyl groups excluding tert-OH is 1. The van der Waals surface area contributed by atoms with Crippen LogP contribution in [0.1, 0.15) is 111 Å². The standard InChI is InChI=1S/C20H37NO3.C10H15NS/c1-14-9-7-6-8-10-15(2)13-21-18(23)12-17(22)20(4,5)19(24)16(3)11-14;1-4-5-9-7-12-10(11-9)6-8(2)3/h14-17,22H,6-13H2,1-5H3,(H,21,23);4-5,7-8H,6H2,1-3H3/b;5-4-/t14?,15-,16?,17?;/m0./s1. The molecule has 1 aliphatic rings. The van der Waals surface area contributed by atoms with Crippen molar-refractivity contribution in [1.82, 2.24) is 10.3 Å². The van der Waals surface area contributed by atoms with E-state index in [1.807, 2.05) is 26.0 Å². The number of carbonyl (C=O) groups is 2. The smallest absolute Gasteiger partial charge is 0.222 e. The molecule has 6 heteroatoms. The Morgan fingerprint density at radius 1 is 1.14 bits per heavy atom. The maximum Gasteiger partial charge on any atom is 0.222 e. The van der Waals surface area contributed by atoms with Crippen LogP contribution in [0.2, 0.25) is 0 Å². The van der Waals surface area contributed by atoms with E-state index in [1.165, 1.54) is 24.3 Å². The van der Waals surface area contributed by atoms with Gasteiger partial charge in [-0.15, -0.1) is 11.3 Å². The number of Topliss-reactive ketones (excluding diaryl/α,β-unsaturated/α-hetero) is 1. The van der Waals surface area contributed by atoms with E-state index in [0.29, 0.717) is 24.3 Å². The zero-order chi connectivity index (χ0) is 27.3. The average Bonchev–Trinajstić information content (AvgIpc) is 3.23. The number of thiazole rings is 1. The molecule has 5 nitrogen and oxygen atoms in total. The first-order chi connectivity index (χ1) is 16.9. The quantitative estimate of drug-likeness (QED) is 0.446. The minimum absolute atomic E-state index is 0.00622. The number of rotatable bonds is 3. The van der Waals surface area contributed by atoms with E-state index < -0.39 is 11.5 Å². The molecule has 36 heavy (non-hydrogen) atoms. The summed E-state index contributed by atoms with van der Waals surface area (Å²) in [6.45, 7) is 16.9. The molecule has 2 N–H and O–H groups in total. The van der Waals surface area contributed by atoms with Crippen LogP contribution in [0.15, 0.2) is 11.5 Å². The number of hydrogen-bond donors (Lipinski definition) is 2. The topological polar surface area (TPSA) is 79.3 Å². The third-order valence-electron chi connectivity index (χ3n) is 7.08. The summed E-state index contributed by atoms with van der Waals surface area (Å²) in [5.74, 6) is 1.49. The fraction of sp³-hybridized carbons (Fsp3) is 0.767. The van der Waals surface area contributed by atoms with E-state index in [9.17, 15) is 14.7 Å². The van der Waals surface area contributed by atoms with E-state index in [-0.39, 0.29) is 24.0 Å². The number of hydrogen-bond acceptors (Lipinski definition) is 5. The fourth-order valence-corrected chi connectivity index (χ4v) is 5.67. The van der Waals surface area contributed by atoms with Crippen molar-refractivity contribution in [1.29, 1.82) is 0 Å². The van der Waals surface area contributed by atoms with Crippen LogP contribution in [0.5, 0.6) is 0 Å². The van der Waals surface area contributed by atoms with Gasteiger partial charge in [-0.25, -0.2) is 4.98 Å². The molecule has 2 heterocycles. The van der Waals surface area contributed by atoms with Crippen molar-refractivity contribution in [3.05, 3.63) is 22.2 Å². The number of carbonyl (C=O) groups excluding carboxylic acids is 2. The number of aliphatic hydroxyl groups is 1. The molecule has 3 unspecified atom stereocenters. The monoisotopic (exact) mass is 520 g/mol. The van der Waals surface area contributed by atoms with Crippen LogP contribution in [0, 0.1) is 29.1 Å². The summed E-state index contributed by atoms with van der Waals surface area (Å²) >= 11 is 1.76. The van der Waals surface area contributed by atoms with E-state index in [1.54, 1.807) is 25.2 Å². The van der Waals surface area contributed by atoms with Gasteiger partial charge in [0, 0.05) is 24.3 Å². The summed E-state index contributed by atoms with van der Waals surface area (Å²) in [4.78, 5) is 29.3. The maximum absolute atomic E-state index is 12.8. The second-order valence-corrected chi connectivity index (χ2v) is 12.8. The van der Waals surface area contributed by atoms with Crippen LogP contribution in [0.3, 0.4) is 0 Å². The predicted octanol–water partition coefficient (Wildman–Crippen LogP) is 7.09. The first-order valence-corrected chi connectivity index (χ1v) is 14.8. The number of aromatic nitrogens is 1. The van der Waals surface area contributed by atoms with Crippen molar-refractivity contribution in [2.24, 2.45) is 29.1 Å². The number of allylic oxidation sites excluding steroid dienone is 1. The van der Waals surface area contributed by atoms with Gasteiger partial charge in [0.2, 0.25) is 5.91 Å². The minimum atomic E-state index is -0.939. The second kappa shape index (κ2) is 16.3. The van der Waals surface area contributed by atoms with Gasteiger partial charge in [0.15, 0.2) is 0 Å². The lowest BCUT2D eigenvalue weighted by Gasteiger charge is -2.32. The zero-order valence-corrected chi connectivity index (χ0v) is 24.9. The van der Waals surface area contributed by atoms with Crippen molar-refractivity contribution < 1.29 is 14.7 Å².